The molecule has 1 atom stereocenters. The summed E-state index contributed by atoms with van der Waals surface area (Å²) in [6.45, 7) is 4.42. The third-order valence-corrected chi connectivity index (χ3v) is 3.04. The van der Waals surface area contributed by atoms with E-state index in [0.717, 1.165) is 5.56 Å². The molecule has 108 valence electrons. The second kappa shape index (κ2) is 6.47. The van der Waals surface area contributed by atoms with E-state index in [1.54, 1.807) is 13.0 Å². The first-order valence-corrected chi connectivity index (χ1v) is 6.46. The molecule has 0 aliphatic heterocycles. The molecular formula is C14H18FN3O2. The highest BCUT2D eigenvalue weighted by Gasteiger charge is 2.10. The number of hydrogen-bond donors (Lipinski definition) is 1. The third-order valence-electron chi connectivity index (χ3n) is 3.04. The van der Waals surface area contributed by atoms with E-state index in [4.69, 9.17) is 9.26 Å². The van der Waals surface area contributed by atoms with Gasteiger partial charge in [-0.1, -0.05) is 11.2 Å². The summed E-state index contributed by atoms with van der Waals surface area (Å²) in [6, 6.07) is 4.99. The number of aryl methyl sites for hydroxylation is 1. The van der Waals surface area contributed by atoms with E-state index < -0.39 is 0 Å². The number of methoxy groups -OCH3 is 1. The summed E-state index contributed by atoms with van der Waals surface area (Å²) in [5, 5.41) is 7.11. The maximum atomic E-state index is 13.6. The molecule has 0 saturated heterocycles. The van der Waals surface area contributed by atoms with Gasteiger partial charge in [-0.3, -0.25) is 0 Å². The Morgan fingerprint density at radius 2 is 2.25 bits per heavy atom. The van der Waals surface area contributed by atoms with Crippen molar-refractivity contribution in [3.05, 3.63) is 41.3 Å². The molecule has 1 aromatic heterocycles. The molecular weight excluding hydrogens is 261 g/mol. The topological polar surface area (TPSA) is 60.2 Å². The van der Waals surface area contributed by atoms with E-state index in [1.807, 2.05) is 13.0 Å². The van der Waals surface area contributed by atoms with Crippen molar-refractivity contribution in [3.63, 3.8) is 0 Å². The van der Waals surface area contributed by atoms with Crippen molar-refractivity contribution in [2.45, 2.75) is 26.3 Å². The number of nitrogens with zero attached hydrogens (tertiary/aromatic N) is 2. The molecule has 0 radical (unpaired) electrons. The zero-order valence-corrected chi connectivity index (χ0v) is 11.8. The maximum absolute atomic E-state index is 13.6. The van der Waals surface area contributed by atoms with Gasteiger partial charge in [0.05, 0.1) is 7.11 Å². The van der Waals surface area contributed by atoms with Crippen LogP contribution >= 0.6 is 0 Å². The molecule has 0 bridgehead atoms. The van der Waals surface area contributed by atoms with Gasteiger partial charge < -0.3 is 14.6 Å². The van der Waals surface area contributed by atoms with Crippen molar-refractivity contribution in [2.75, 3.05) is 13.7 Å². The van der Waals surface area contributed by atoms with Gasteiger partial charge in [-0.15, -0.1) is 0 Å². The lowest BCUT2D eigenvalue weighted by molar-refractivity contribution is 0.385. The Morgan fingerprint density at radius 1 is 1.45 bits per heavy atom. The molecule has 1 aromatic carbocycles. The summed E-state index contributed by atoms with van der Waals surface area (Å²) < 4.78 is 23.4. The van der Waals surface area contributed by atoms with E-state index in [-0.39, 0.29) is 17.6 Å². The highest BCUT2D eigenvalue weighted by molar-refractivity contribution is 5.30. The summed E-state index contributed by atoms with van der Waals surface area (Å²) in [5.74, 6) is 1.13. The standard InChI is InChI=1S/C14H18FN3O2/c1-9(11-4-5-13(19-3)12(15)8-11)16-7-6-14-17-10(2)20-18-14/h4-5,8-9,16H,6-7H2,1-3H3. The molecule has 0 fully saturated rings. The largest absolute Gasteiger partial charge is 0.494 e. The van der Waals surface area contributed by atoms with Crippen molar-refractivity contribution in [2.24, 2.45) is 0 Å². The lowest BCUT2D eigenvalue weighted by Gasteiger charge is -2.14. The first kappa shape index (κ1) is 14.5. The van der Waals surface area contributed by atoms with Crippen LogP contribution in [0.3, 0.4) is 0 Å². The van der Waals surface area contributed by atoms with Gasteiger partial charge in [-0.25, -0.2) is 4.39 Å². The van der Waals surface area contributed by atoms with E-state index in [2.05, 4.69) is 15.5 Å². The average molecular weight is 279 g/mol. The summed E-state index contributed by atoms with van der Waals surface area (Å²) in [5.41, 5.74) is 0.868. The van der Waals surface area contributed by atoms with Crippen LogP contribution in [0.1, 0.15) is 30.2 Å². The van der Waals surface area contributed by atoms with E-state index in [1.165, 1.54) is 13.2 Å². The third kappa shape index (κ3) is 3.54. The molecule has 5 nitrogen and oxygen atoms in total. The molecule has 2 aromatic rings. The Kier molecular flexibility index (Phi) is 4.68. The number of aromatic nitrogens is 2. The minimum Gasteiger partial charge on any atom is -0.494 e. The second-order valence-electron chi connectivity index (χ2n) is 4.55. The van der Waals surface area contributed by atoms with Crippen LogP contribution in [0.4, 0.5) is 4.39 Å². The first-order valence-electron chi connectivity index (χ1n) is 6.46. The molecule has 1 N–H and O–H groups in total. The number of rotatable bonds is 6. The molecule has 0 aliphatic rings. The van der Waals surface area contributed by atoms with Crippen LogP contribution in [-0.2, 0) is 6.42 Å². The van der Waals surface area contributed by atoms with Crippen molar-refractivity contribution in [1.82, 2.24) is 15.5 Å². The fourth-order valence-electron chi connectivity index (χ4n) is 1.91. The van der Waals surface area contributed by atoms with Gasteiger partial charge >= 0.3 is 0 Å². The van der Waals surface area contributed by atoms with E-state index >= 15 is 0 Å². The maximum Gasteiger partial charge on any atom is 0.223 e. The van der Waals surface area contributed by atoms with Crippen LogP contribution in [0.25, 0.3) is 0 Å². The lowest BCUT2D eigenvalue weighted by atomic mass is 10.1. The molecule has 1 unspecified atom stereocenters. The normalized spacial score (nSPS) is 12.4. The van der Waals surface area contributed by atoms with Crippen molar-refractivity contribution in [3.8, 4) is 5.75 Å². The minimum absolute atomic E-state index is 0.0309. The molecule has 2 rings (SSSR count). The Balaban J connectivity index is 1.88. The monoisotopic (exact) mass is 279 g/mol. The van der Waals surface area contributed by atoms with Crippen LogP contribution in [0.5, 0.6) is 5.75 Å². The van der Waals surface area contributed by atoms with Gasteiger partial charge in [-0.05, 0) is 24.6 Å². The van der Waals surface area contributed by atoms with Crippen molar-refractivity contribution in [1.29, 1.82) is 0 Å². The first-order chi connectivity index (χ1) is 9.60. The van der Waals surface area contributed by atoms with Crippen LogP contribution in [0.2, 0.25) is 0 Å². The van der Waals surface area contributed by atoms with Gasteiger partial charge in [0.25, 0.3) is 0 Å². The summed E-state index contributed by atoms with van der Waals surface area (Å²) in [4.78, 5) is 4.12. The Morgan fingerprint density at radius 3 is 2.85 bits per heavy atom. The molecule has 20 heavy (non-hydrogen) atoms. The second-order valence-corrected chi connectivity index (χ2v) is 4.55. The predicted molar refractivity (Wildman–Crippen MR) is 72.1 cm³/mol. The van der Waals surface area contributed by atoms with Crippen molar-refractivity contribution < 1.29 is 13.7 Å². The SMILES string of the molecule is COc1ccc(C(C)NCCc2noc(C)n2)cc1F. The number of benzene rings is 1. The predicted octanol–water partition coefficient (Wildman–Crippen LogP) is 2.42. The number of halogens is 1. The van der Waals surface area contributed by atoms with Crippen molar-refractivity contribution >= 4 is 0 Å². The van der Waals surface area contributed by atoms with Crippen LogP contribution in [0.15, 0.2) is 22.7 Å². The fourth-order valence-corrected chi connectivity index (χ4v) is 1.91. The average Bonchev–Trinajstić information content (AvgIpc) is 2.84. The molecule has 6 heteroatoms. The van der Waals surface area contributed by atoms with E-state index in [9.17, 15) is 4.39 Å². The quantitative estimate of drug-likeness (QED) is 0.880. The number of hydrogen-bond acceptors (Lipinski definition) is 5. The van der Waals surface area contributed by atoms with Gasteiger partial charge in [0.15, 0.2) is 17.4 Å². The number of ether oxygens (including phenoxy) is 1. The molecule has 0 spiro atoms. The number of nitrogens with one attached hydrogen (secondary N) is 1. The molecule has 0 amide bonds. The fraction of sp³-hybridized carbons (Fsp3) is 0.429. The molecule has 0 aliphatic carbocycles. The summed E-state index contributed by atoms with van der Waals surface area (Å²) in [6.07, 6.45) is 0.667. The van der Waals surface area contributed by atoms with Crippen LogP contribution in [0, 0.1) is 12.7 Å². The molecule has 1 heterocycles. The van der Waals surface area contributed by atoms with Gasteiger partial charge in [0, 0.05) is 25.9 Å². The Bertz CT molecular complexity index is 571. The zero-order chi connectivity index (χ0) is 14.5. The Hall–Kier alpha value is -1.95. The lowest BCUT2D eigenvalue weighted by Crippen LogP contribution is -2.21. The Labute approximate surface area is 117 Å². The molecule has 0 saturated carbocycles. The minimum atomic E-state index is -0.354. The highest BCUT2D eigenvalue weighted by Crippen LogP contribution is 2.21. The van der Waals surface area contributed by atoms with Gasteiger partial charge in [0.1, 0.15) is 0 Å². The highest BCUT2D eigenvalue weighted by atomic mass is 19.1. The van der Waals surface area contributed by atoms with E-state index in [0.29, 0.717) is 24.7 Å². The van der Waals surface area contributed by atoms with Gasteiger partial charge in [0.2, 0.25) is 5.89 Å². The smallest absolute Gasteiger partial charge is 0.223 e. The van der Waals surface area contributed by atoms with Crippen LogP contribution in [-0.4, -0.2) is 23.8 Å². The summed E-state index contributed by atoms with van der Waals surface area (Å²) >= 11 is 0. The zero-order valence-electron chi connectivity index (χ0n) is 11.8. The summed E-state index contributed by atoms with van der Waals surface area (Å²) in [7, 11) is 1.45. The van der Waals surface area contributed by atoms with Gasteiger partial charge in [-0.2, -0.15) is 4.98 Å². The van der Waals surface area contributed by atoms with Crippen LogP contribution < -0.4 is 10.1 Å².